The summed E-state index contributed by atoms with van der Waals surface area (Å²) in [7, 11) is 3.25. The summed E-state index contributed by atoms with van der Waals surface area (Å²) in [4.78, 5) is 15.6. The van der Waals surface area contributed by atoms with Crippen LogP contribution in [0.1, 0.15) is 41.8 Å². The molecule has 1 aromatic carbocycles. The Labute approximate surface area is 181 Å². The van der Waals surface area contributed by atoms with Crippen LogP contribution in [0.3, 0.4) is 0 Å². The van der Waals surface area contributed by atoms with E-state index in [1.807, 2.05) is 32.0 Å². The number of carbonyl (C=O) groups is 1. The highest BCUT2D eigenvalue weighted by Crippen LogP contribution is 2.29. The SMILES string of the molecule is CCNC(=NCc1ccc(C(N)=O)o1)NC(C)c1cc(OC)ccc1OC.I. The number of amides is 1. The van der Waals surface area contributed by atoms with E-state index in [0.29, 0.717) is 18.3 Å². The molecule has 0 saturated carbocycles. The number of methoxy groups -OCH3 is 2. The van der Waals surface area contributed by atoms with Gasteiger partial charge in [0, 0.05) is 12.1 Å². The van der Waals surface area contributed by atoms with Crippen molar-refractivity contribution in [3.8, 4) is 11.5 Å². The normalized spacial score (nSPS) is 11.9. The van der Waals surface area contributed by atoms with Crippen LogP contribution < -0.4 is 25.8 Å². The van der Waals surface area contributed by atoms with E-state index in [1.165, 1.54) is 6.07 Å². The number of nitrogens with two attached hydrogens (primary N) is 1. The molecule has 9 heteroatoms. The van der Waals surface area contributed by atoms with Gasteiger partial charge in [0.15, 0.2) is 11.7 Å². The molecule has 0 aliphatic heterocycles. The predicted octanol–water partition coefficient (Wildman–Crippen LogP) is 2.83. The van der Waals surface area contributed by atoms with Crippen LogP contribution in [-0.2, 0) is 6.54 Å². The molecule has 2 rings (SSSR count). The number of rotatable bonds is 8. The summed E-state index contributed by atoms with van der Waals surface area (Å²) in [6.07, 6.45) is 0. The molecule has 0 radical (unpaired) electrons. The molecule has 1 unspecified atom stereocenters. The fraction of sp³-hybridized carbons (Fsp3) is 0.368. The Kier molecular flexibility index (Phi) is 9.63. The van der Waals surface area contributed by atoms with E-state index in [0.717, 1.165) is 17.1 Å². The van der Waals surface area contributed by atoms with Crippen molar-refractivity contribution < 1.29 is 18.7 Å². The first-order valence-corrected chi connectivity index (χ1v) is 8.63. The zero-order valence-corrected chi connectivity index (χ0v) is 18.8. The average Bonchev–Trinajstić information content (AvgIpc) is 3.15. The zero-order valence-electron chi connectivity index (χ0n) is 16.4. The second-order valence-electron chi connectivity index (χ2n) is 5.80. The third-order valence-corrected chi connectivity index (χ3v) is 3.90. The highest BCUT2D eigenvalue weighted by Gasteiger charge is 2.14. The number of primary amides is 1. The highest BCUT2D eigenvalue weighted by molar-refractivity contribution is 14.0. The van der Waals surface area contributed by atoms with Gasteiger partial charge in [-0.15, -0.1) is 24.0 Å². The summed E-state index contributed by atoms with van der Waals surface area (Å²) >= 11 is 0. The fourth-order valence-corrected chi connectivity index (χ4v) is 2.53. The summed E-state index contributed by atoms with van der Waals surface area (Å²) < 4.78 is 16.1. The molecule has 28 heavy (non-hydrogen) atoms. The van der Waals surface area contributed by atoms with Gasteiger partial charge in [-0.05, 0) is 44.2 Å². The maximum atomic E-state index is 11.1. The molecular formula is C19H27IN4O4. The molecule has 2 aromatic rings. The molecule has 8 nitrogen and oxygen atoms in total. The number of nitrogens with zero attached hydrogens (tertiary/aromatic N) is 1. The molecule has 1 atom stereocenters. The van der Waals surface area contributed by atoms with Gasteiger partial charge in [-0.2, -0.15) is 0 Å². The third kappa shape index (κ3) is 6.32. The number of guanidine groups is 1. The minimum atomic E-state index is -0.603. The Morgan fingerprint density at radius 3 is 2.57 bits per heavy atom. The summed E-state index contributed by atoms with van der Waals surface area (Å²) in [5.41, 5.74) is 6.14. The lowest BCUT2D eigenvalue weighted by molar-refractivity contribution is 0.0972. The number of halogens is 1. The number of hydrogen-bond acceptors (Lipinski definition) is 5. The number of hydrogen-bond donors (Lipinski definition) is 3. The predicted molar refractivity (Wildman–Crippen MR) is 119 cm³/mol. The fourth-order valence-electron chi connectivity index (χ4n) is 2.53. The largest absolute Gasteiger partial charge is 0.497 e. The monoisotopic (exact) mass is 502 g/mol. The molecule has 0 aliphatic carbocycles. The molecule has 154 valence electrons. The maximum absolute atomic E-state index is 11.1. The van der Waals surface area contributed by atoms with Crippen LogP contribution in [-0.4, -0.2) is 32.6 Å². The number of benzene rings is 1. The van der Waals surface area contributed by atoms with Gasteiger partial charge in [0.05, 0.1) is 20.3 Å². The Morgan fingerprint density at radius 1 is 1.25 bits per heavy atom. The van der Waals surface area contributed by atoms with Crippen LogP contribution in [0.5, 0.6) is 11.5 Å². The molecule has 1 heterocycles. The van der Waals surface area contributed by atoms with Crippen LogP contribution in [0.25, 0.3) is 0 Å². The topological polar surface area (TPSA) is 111 Å². The number of furan rings is 1. The lowest BCUT2D eigenvalue weighted by Crippen LogP contribution is -2.38. The highest BCUT2D eigenvalue weighted by atomic mass is 127. The summed E-state index contributed by atoms with van der Waals surface area (Å²) in [5.74, 6) is 2.17. The number of ether oxygens (including phenoxy) is 2. The van der Waals surface area contributed by atoms with Gasteiger partial charge in [-0.25, -0.2) is 4.99 Å². The molecule has 4 N–H and O–H groups in total. The molecule has 0 aliphatic rings. The number of carbonyl (C=O) groups excluding carboxylic acids is 1. The van der Waals surface area contributed by atoms with Crippen molar-refractivity contribution in [1.29, 1.82) is 0 Å². The summed E-state index contributed by atoms with van der Waals surface area (Å²) in [6, 6.07) is 8.77. The first-order chi connectivity index (χ1) is 13.0. The lowest BCUT2D eigenvalue weighted by Gasteiger charge is -2.20. The van der Waals surface area contributed by atoms with Gasteiger partial charge in [0.2, 0.25) is 0 Å². The standard InChI is InChI=1S/C19H26N4O4.HI/c1-5-21-19(22-11-14-7-9-17(27-14)18(20)24)23-12(2)15-10-13(25-3)6-8-16(15)26-4;/h6-10,12H,5,11H2,1-4H3,(H2,20,24)(H2,21,22,23);1H. The van der Waals surface area contributed by atoms with E-state index in [-0.39, 0.29) is 42.3 Å². The summed E-state index contributed by atoms with van der Waals surface area (Å²) in [5, 5.41) is 6.51. The zero-order chi connectivity index (χ0) is 19.8. The van der Waals surface area contributed by atoms with Crippen molar-refractivity contribution in [2.45, 2.75) is 26.4 Å². The van der Waals surface area contributed by atoms with Crippen molar-refractivity contribution in [2.24, 2.45) is 10.7 Å². The van der Waals surface area contributed by atoms with Crippen LogP contribution in [0.15, 0.2) is 39.7 Å². The van der Waals surface area contributed by atoms with Gasteiger partial charge in [0.25, 0.3) is 5.91 Å². The Morgan fingerprint density at radius 2 is 2.00 bits per heavy atom. The minimum Gasteiger partial charge on any atom is -0.497 e. The smallest absolute Gasteiger partial charge is 0.284 e. The van der Waals surface area contributed by atoms with E-state index in [1.54, 1.807) is 20.3 Å². The van der Waals surface area contributed by atoms with E-state index < -0.39 is 5.91 Å². The van der Waals surface area contributed by atoms with Crippen LogP contribution >= 0.6 is 24.0 Å². The summed E-state index contributed by atoms with van der Waals surface area (Å²) in [6.45, 7) is 4.94. The van der Waals surface area contributed by atoms with E-state index in [2.05, 4.69) is 15.6 Å². The number of nitrogens with one attached hydrogen (secondary N) is 2. The molecule has 0 spiro atoms. The molecular weight excluding hydrogens is 475 g/mol. The van der Waals surface area contributed by atoms with E-state index in [4.69, 9.17) is 19.6 Å². The molecule has 0 fully saturated rings. The van der Waals surface area contributed by atoms with Crippen molar-refractivity contribution in [1.82, 2.24) is 10.6 Å². The lowest BCUT2D eigenvalue weighted by atomic mass is 10.1. The average molecular weight is 502 g/mol. The molecule has 0 saturated heterocycles. The Balaban J connectivity index is 0.00000392. The number of aliphatic imine (C=N–C) groups is 1. The van der Waals surface area contributed by atoms with Crippen LogP contribution in [0.2, 0.25) is 0 Å². The van der Waals surface area contributed by atoms with Crippen molar-refractivity contribution in [2.75, 3.05) is 20.8 Å². The van der Waals surface area contributed by atoms with Crippen LogP contribution in [0.4, 0.5) is 0 Å². The van der Waals surface area contributed by atoms with Gasteiger partial charge < -0.3 is 30.3 Å². The van der Waals surface area contributed by atoms with Gasteiger partial charge in [0.1, 0.15) is 23.8 Å². The van der Waals surface area contributed by atoms with Gasteiger partial charge in [-0.1, -0.05) is 0 Å². The first kappa shape index (κ1) is 23.6. The Bertz CT molecular complexity index is 807. The maximum Gasteiger partial charge on any atom is 0.284 e. The van der Waals surface area contributed by atoms with Crippen molar-refractivity contribution in [3.05, 3.63) is 47.4 Å². The van der Waals surface area contributed by atoms with Crippen molar-refractivity contribution in [3.63, 3.8) is 0 Å². The second kappa shape index (κ2) is 11.4. The second-order valence-corrected chi connectivity index (χ2v) is 5.80. The van der Waals surface area contributed by atoms with Crippen LogP contribution in [0, 0.1) is 0 Å². The molecule has 1 amide bonds. The van der Waals surface area contributed by atoms with Gasteiger partial charge in [-0.3, -0.25) is 4.79 Å². The van der Waals surface area contributed by atoms with Crippen molar-refractivity contribution >= 4 is 35.8 Å². The third-order valence-electron chi connectivity index (χ3n) is 3.90. The Hall–Kier alpha value is -2.43. The first-order valence-electron chi connectivity index (χ1n) is 8.63. The van der Waals surface area contributed by atoms with E-state index >= 15 is 0 Å². The van der Waals surface area contributed by atoms with E-state index in [9.17, 15) is 4.79 Å². The molecule has 1 aromatic heterocycles. The van der Waals surface area contributed by atoms with Gasteiger partial charge >= 0.3 is 0 Å². The quantitative estimate of drug-likeness (QED) is 0.291. The minimum absolute atomic E-state index is 0. The molecule has 0 bridgehead atoms.